The van der Waals surface area contributed by atoms with Gasteiger partial charge in [-0.3, -0.25) is 14.4 Å². The highest BCUT2D eigenvalue weighted by Gasteiger charge is 2.22. The summed E-state index contributed by atoms with van der Waals surface area (Å²) in [6, 6.07) is 0. The Morgan fingerprint density at radius 1 is 0.623 bits per heavy atom. The normalized spacial score (nSPS) is 11.4. The van der Waals surface area contributed by atoms with Gasteiger partial charge < -0.3 is 18.9 Å². The number of esters is 4. The maximum Gasteiger partial charge on any atom is 0.339 e. The molecule has 0 saturated carbocycles. The molecule has 0 fully saturated rings. The molecular weight excluding hydrogens is 818 g/mol. The summed E-state index contributed by atoms with van der Waals surface area (Å²) in [5.41, 5.74) is -7.26. The topological polar surface area (TPSA) is 325 Å². The minimum absolute atomic E-state index is 0.00729. The Kier molecular flexibility index (Phi) is 19.7. The Bertz CT molecular complexity index is 2480. The SMILES string of the molecule is C=C(C)C(=O)OC(C)OC(=O)CCn1c(=O)n(CCC(=O)OCCCC(CC)C(=C)OC(=O)CCn2c(=O)n(CN=C=O)c(=O)n(CN=C=O)c2=O)c(=O)n(CN=C=O)c1=O. The van der Waals surface area contributed by atoms with Crippen LogP contribution in [-0.2, 0) is 92.1 Å². The molecule has 2 atom stereocenters. The molecule has 2 aromatic heterocycles. The van der Waals surface area contributed by atoms with Crippen molar-refractivity contribution in [1.29, 1.82) is 0 Å². The smallest absolute Gasteiger partial charge is 0.339 e. The summed E-state index contributed by atoms with van der Waals surface area (Å²) in [5, 5.41) is 0. The summed E-state index contributed by atoms with van der Waals surface area (Å²) in [4.78, 5) is 168. The van der Waals surface area contributed by atoms with E-state index in [0.29, 0.717) is 33.8 Å². The van der Waals surface area contributed by atoms with E-state index in [0.717, 1.165) is 18.2 Å². The average molecular weight is 860 g/mol. The Labute approximate surface area is 342 Å². The molecule has 0 aliphatic rings. The number of nitrogens with zero attached hydrogens (tertiary/aromatic N) is 9. The maximum absolute atomic E-state index is 13.2. The lowest BCUT2D eigenvalue weighted by atomic mass is 9.99. The van der Waals surface area contributed by atoms with Gasteiger partial charge in [0.25, 0.3) is 0 Å². The molecular formula is C35H41N9O17. The molecule has 0 bridgehead atoms. The van der Waals surface area contributed by atoms with Crippen LogP contribution in [0.2, 0.25) is 0 Å². The summed E-state index contributed by atoms with van der Waals surface area (Å²) < 4.78 is 22.9. The second-order valence-corrected chi connectivity index (χ2v) is 12.5. The van der Waals surface area contributed by atoms with Crippen LogP contribution in [0.15, 0.2) is 68.2 Å². The van der Waals surface area contributed by atoms with E-state index < -0.39 is 129 Å². The van der Waals surface area contributed by atoms with E-state index in [9.17, 15) is 62.3 Å². The van der Waals surface area contributed by atoms with Gasteiger partial charge in [-0.05, 0) is 26.2 Å². The Morgan fingerprint density at radius 3 is 1.43 bits per heavy atom. The van der Waals surface area contributed by atoms with Gasteiger partial charge in [-0.1, -0.05) is 20.1 Å². The third kappa shape index (κ3) is 14.3. The fourth-order valence-corrected chi connectivity index (χ4v) is 5.19. The fraction of sp³-hybridized carbons (Fsp3) is 0.514. The molecule has 26 heteroatoms. The summed E-state index contributed by atoms with van der Waals surface area (Å²) in [5.74, 6) is -4.05. The number of carbonyl (C=O) groups excluding carboxylic acids is 7. The largest absolute Gasteiger partial charge is 0.466 e. The molecule has 61 heavy (non-hydrogen) atoms. The van der Waals surface area contributed by atoms with Crippen LogP contribution in [-0.4, -0.2) is 82.4 Å². The highest BCUT2D eigenvalue weighted by atomic mass is 16.7. The lowest BCUT2D eigenvalue weighted by Gasteiger charge is -2.18. The summed E-state index contributed by atoms with van der Waals surface area (Å²) in [6.45, 7) is 7.09. The third-order valence-corrected chi connectivity index (χ3v) is 8.29. The quantitative estimate of drug-likeness (QED) is 0.0150. The number of hydrogen-bond acceptors (Lipinski definition) is 20. The van der Waals surface area contributed by atoms with Crippen LogP contribution >= 0.6 is 0 Å². The molecule has 0 N–H and O–H groups in total. The number of isocyanates is 3. The number of ether oxygens (including phenoxy) is 4. The Balaban J connectivity index is 2.03. The summed E-state index contributed by atoms with van der Waals surface area (Å²) >= 11 is 0. The van der Waals surface area contributed by atoms with Crippen molar-refractivity contribution in [1.82, 2.24) is 27.4 Å². The zero-order valence-corrected chi connectivity index (χ0v) is 33.2. The first-order chi connectivity index (χ1) is 28.9. The van der Waals surface area contributed by atoms with Crippen molar-refractivity contribution >= 4 is 42.1 Å². The molecule has 2 aromatic rings. The van der Waals surface area contributed by atoms with Crippen LogP contribution < -0.4 is 34.1 Å². The predicted octanol–water partition coefficient (Wildman–Crippen LogP) is -2.18. The first kappa shape index (κ1) is 49.5. The monoisotopic (exact) mass is 859 g/mol. The lowest BCUT2D eigenvalue weighted by Crippen LogP contribution is -2.54. The van der Waals surface area contributed by atoms with Gasteiger partial charge in [-0.25, -0.2) is 75.3 Å². The van der Waals surface area contributed by atoms with Crippen molar-refractivity contribution in [2.45, 2.75) is 105 Å². The van der Waals surface area contributed by atoms with E-state index >= 15 is 0 Å². The number of aliphatic imine (C=N–C) groups is 3. The minimum atomic E-state index is -1.34. The molecule has 26 nitrogen and oxygen atoms in total. The predicted molar refractivity (Wildman–Crippen MR) is 202 cm³/mol. The third-order valence-electron chi connectivity index (χ3n) is 8.29. The van der Waals surface area contributed by atoms with Crippen molar-refractivity contribution in [3.63, 3.8) is 0 Å². The fourth-order valence-electron chi connectivity index (χ4n) is 5.19. The Morgan fingerprint density at radius 2 is 1.02 bits per heavy atom. The van der Waals surface area contributed by atoms with Crippen LogP contribution in [0.4, 0.5) is 0 Å². The maximum atomic E-state index is 13.2. The van der Waals surface area contributed by atoms with Gasteiger partial charge in [-0.15, -0.1) is 0 Å². The molecule has 2 heterocycles. The second kappa shape index (κ2) is 24.3. The van der Waals surface area contributed by atoms with E-state index in [-0.39, 0.29) is 30.8 Å². The minimum Gasteiger partial charge on any atom is -0.466 e. The highest BCUT2D eigenvalue weighted by molar-refractivity contribution is 5.87. The molecule has 0 amide bonds. The highest BCUT2D eigenvalue weighted by Crippen LogP contribution is 2.21. The van der Waals surface area contributed by atoms with Crippen LogP contribution in [0.25, 0.3) is 0 Å². The van der Waals surface area contributed by atoms with Crippen LogP contribution in [0.1, 0.15) is 59.3 Å². The van der Waals surface area contributed by atoms with E-state index in [1.54, 1.807) is 6.92 Å². The van der Waals surface area contributed by atoms with Gasteiger partial charge in [0.05, 0.1) is 25.9 Å². The average Bonchev–Trinajstić information content (AvgIpc) is 3.20. The first-order valence-electron chi connectivity index (χ1n) is 18.0. The van der Waals surface area contributed by atoms with Gasteiger partial charge in [0, 0.05) is 38.0 Å². The van der Waals surface area contributed by atoms with E-state index in [1.165, 1.54) is 13.8 Å². The molecule has 0 spiro atoms. The van der Waals surface area contributed by atoms with Crippen molar-refractivity contribution in [3.05, 3.63) is 87.4 Å². The molecule has 0 saturated heterocycles. The number of rotatable bonds is 25. The van der Waals surface area contributed by atoms with Crippen molar-refractivity contribution < 1.29 is 52.5 Å². The number of allylic oxidation sites excluding steroid dienone is 1. The molecule has 328 valence electrons. The number of hydrogen-bond donors (Lipinski definition) is 0. The van der Waals surface area contributed by atoms with Crippen LogP contribution in [0.3, 0.4) is 0 Å². The number of aromatic nitrogens is 6. The molecule has 0 aliphatic heterocycles. The van der Waals surface area contributed by atoms with Crippen molar-refractivity contribution in [3.8, 4) is 0 Å². The van der Waals surface area contributed by atoms with Crippen LogP contribution in [0, 0.1) is 5.92 Å². The van der Waals surface area contributed by atoms with Crippen molar-refractivity contribution in [2.24, 2.45) is 20.9 Å². The lowest BCUT2D eigenvalue weighted by molar-refractivity contribution is -0.181. The Hall–Kier alpha value is -7.68. The second-order valence-electron chi connectivity index (χ2n) is 12.5. The van der Waals surface area contributed by atoms with Gasteiger partial charge >= 0.3 is 58.0 Å². The summed E-state index contributed by atoms with van der Waals surface area (Å²) in [6.07, 6.45) is 1.29. The van der Waals surface area contributed by atoms with Gasteiger partial charge in [0.1, 0.15) is 25.8 Å². The number of carbonyl (C=O) groups is 4. The van der Waals surface area contributed by atoms with E-state index in [2.05, 4.69) is 28.1 Å². The molecule has 0 radical (unpaired) electrons. The van der Waals surface area contributed by atoms with Gasteiger partial charge in [0.2, 0.25) is 24.5 Å². The molecule has 2 rings (SSSR count). The first-order valence-corrected chi connectivity index (χ1v) is 18.0. The molecule has 0 aliphatic carbocycles. The van der Waals surface area contributed by atoms with Crippen molar-refractivity contribution in [2.75, 3.05) is 6.61 Å². The summed E-state index contributed by atoms with van der Waals surface area (Å²) in [7, 11) is 0. The van der Waals surface area contributed by atoms with E-state index in [1.807, 2.05) is 0 Å². The molecule has 0 aromatic carbocycles. The molecule has 2 unspecified atom stereocenters. The van der Waals surface area contributed by atoms with Gasteiger partial charge in [0.15, 0.2) is 0 Å². The zero-order valence-electron chi connectivity index (χ0n) is 33.2. The van der Waals surface area contributed by atoms with E-state index in [4.69, 9.17) is 18.9 Å². The standard InChI is InChI=1S/C35H41N9O17/c1-6-25(23(4)59-27(49)10-13-41-33(55)43(17-37-20-46)35(57)44(34(41)56)18-38-21-47)8-7-15-58-26(48)9-12-39-30(52)40(32(54)42(31(39)53)16-36-19-45)14-11-28(50)60-24(5)61-29(51)22(2)3/h24-25H,2,4,6-18H2,1,3,5H3. The van der Waals surface area contributed by atoms with Gasteiger partial charge in [-0.2, -0.15) is 15.0 Å². The zero-order chi connectivity index (χ0) is 45.8. The van der Waals surface area contributed by atoms with Crippen LogP contribution in [0.5, 0.6) is 0 Å².